The van der Waals surface area contributed by atoms with Gasteiger partial charge in [0.1, 0.15) is 16.7 Å². The molecule has 0 atom stereocenters. The number of fused-ring (bicyclic) bond motifs is 1. The molecule has 0 bridgehead atoms. The summed E-state index contributed by atoms with van der Waals surface area (Å²) in [5.41, 5.74) is 1.27. The predicted octanol–water partition coefficient (Wildman–Crippen LogP) is 2.20. The van der Waals surface area contributed by atoms with Crippen LogP contribution in [0.2, 0.25) is 0 Å². The SMILES string of the molecule is Cn1ncc2c1SC(=CC=C(C#N)C(=O)Nc1ccccc1)N2CCCS(=O)(=O)[O-]. The Balaban J connectivity index is 1.80. The monoisotopic (exact) mass is 444 g/mol. The molecule has 9 nitrogen and oxygen atoms in total. The smallest absolute Gasteiger partial charge is 0.266 e. The van der Waals surface area contributed by atoms with Crippen molar-refractivity contribution in [3.05, 3.63) is 59.3 Å². The number of anilines is 2. The first-order chi connectivity index (χ1) is 14.3. The number of nitrogens with zero attached hydrogens (tertiary/aromatic N) is 4. The molecule has 1 aromatic carbocycles. The van der Waals surface area contributed by atoms with Crippen LogP contribution in [-0.2, 0) is 22.0 Å². The van der Waals surface area contributed by atoms with Crippen molar-refractivity contribution in [2.24, 2.45) is 7.05 Å². The van der Waals surface area contributed by atoms with Gasteiger partial charge in [-0.05, 0) is 30.7 Å². The van der Waals surface area contributed by atoms with E-state index in [4.69, 9.17) is 0 Å². The van der Waals surface area contributed by atoms with Crippen LogP contribution in [0.25, 0.3) is 0 Å². The Kier molecular flexibility index (Phi) is 6.61. The molecule has 0 aliphatic carbocycles. The molecule has 30 heavy (non-hydrogen) atoms. The summed E-state index contributed by atoms with van der Waals surface area (Å²) >= 11 is 1.38. The Morgan fingerprint density at radius 2 is 2.10 bits per heavy atom. The standard InChI is InChI=1S/C19H19N5O4S2/c1-23-19-16(13-21-23)24(10-5-11-30(26,27)28)17(29-19)9-8-14(12-20)18(25)22-15-6-3-2-4-7-15/h2-4,6-9,13H,5,10-11H2,1H3,(H,22,25)(H,26,27,28)/p-1. The topological polar surface area (TPSA) is 131 Å². The lowest BCUT2D eigenvalue weighted by Gasteiger charge is -2.19. The summed E-state index contributed by atoms with van der Waals surface area (Å²) in [6.07, 6.45) is 4.82. The summed E-state index contributed by atoms with van der Waals surface area (Å²) < 4.78 is 34.4. The van der Waals surface area contributed by atoms with Crippen LogP contribution in [-0.4, -0.2) is 41.0 Å². The first-order valence-electron chi connectivity index (χ1n) is 8.88. The Morgan fingerprint density at radius 1 is 1.37 bits per heavy atom. The molecule has 1 amide bonds. The van der Waals surface area contributed by atoms with Crippen molar-refractivity contribution in [3.8, 4) is 6.07 Å². The number of thioether (sulfide) groups is 1. The highest BCUT2D eigenvalue weighted by Gasteiger charge is 2.28. The van der Waals surface area contributed by atoms with Crippen molar-refractivity contribution in [2.45, 2.75) is 11.4 Å². The van der Waals surface area contributed by atoms with Crippen LogP contribution in [0.15, 0.2) is 64.3 Å². The van der Waals surface area contributed by atoms with Gasteiger partial charge in [-0.2, -0.15) is 10.4 Å². The number of para-hydroxylation sites is 1. The zero-order valence-corrected chi connectivity index (χ0v) is 17.6. The second kappa shape index (κ2) is 9.17. The third-order valence-electron chi connectivity index (χ3n) is 4.19. The molecule has 1 N–H and O–H groups in total. The fourth-order valence-electron chi connectivity index (χ4n) is 2.78. The fourth-order valence-corrected chi connectivity index (χ4v) is 4.35. The summed E-state index contributed by atoms with van der Waals surface area (Å²) in [6.45, 7) is 0.283. The number of rotatable bonds is 7. The van der Waals surface area contributed by atoms with E-state index in [1.807, 2.05) is 17.0 Å². The third-order valence-corrected chi connectivity index (χ3v) is 6.21. The number of nitriles is 1. The summed E-state index contributed by atoms with van der Waals surface area (Å²) in [5, 5.41) is 17.8. The van der Waals surface area contributed by atoms with Crippen molar-refractivity contribution in [1.29, 1.82) is 5.26 Å². The Morgan fingerprint density at radius 3 is 2.77 bits per heavy atom. The summed E-state index contributed by atoms with van der Waals surface area (Å²) in [7, 11) is -2.53. The van der Waals surface area contributed by atoms with Crippen LogP contribution in [0.4, 0.5) is 11.4 Å². The molecule has 0 saturated carbocycles. The number of allylic oxidation sites excluding steroid dienone is 2. The lowest BCUT2D eigenvalue weighted by molar-refractivity contribution is -0.112. The lowest BCUT2D eigenvalue weighted by atomic mass is 10.2. The summed E-state index contributed by atoms with van der Waals surface area (Å²) in [5.74, 6) is -1.01. The fraction of sp³-hybridized carbons (Fsp3) is 0.211. The first-order valence-corrected chi connectivity index (χ1v) is 11.3. The van der Waals surface area contributed by atoms with Crippen LogP contribution in [0.3, 0.4) is 0 Å². The van der Waals surface area contributed by atoms with Gasteiger partial charge in [0.05, 0.1) is 27.0 Å². The van der Waals surface area contributed by atoms with E-state index in [-0.39, 0.29) is 18.5 Å². The van der Waals surface area contributed by atoms with E-state index >= 15 is 0 Å². The minimum absolute atomic E-state index is 0.0804. The number of hydrogen-bond donors (Lipinski definition) is 1. The molecule has 0 saturated heterocycles. The van der Waals surface area contributed by atoms with Crippen LogP contribution < -0.4 is 10.2 Å². The van der Waals surface area contributed by atoms with Crippen LogP contribution in [0, 0.1) is 11.3 Å². The summed E-state index contributed by atoms with van der Waals surface area (Å²) in [4.78, 5) is 14.2. The van der Waals surface area contributed by atoms with Gasteiger partial charge in [-0.25, -0.2) is 8.42 Å². The first kappa shape index (κ1) is 21.6. The van der Waals surface area contributed by atoms with E-state index in [0.29, 0.717) is 10.7 Å². The third kappa shape index (κ3) is 5.29. The minimum atomic E-state index is -4.31. The Labute approximate surface area is 178 Å². The van der Waals surface area contributed by atoms with Crippen molar-refractivity contribution < 1.29 is 17.8 Å². The van der Waals surface area contributed by atoms with Crippen LogP contribution in [0.1, 0.15) is 6.42 Å². The molecule has 3 rings (SSSR count). The van der Waals surface area contributed by atoms with Crippen molar-refractivity contribution in [3.63, 3.8) is 0 Å². The van der Waals surface area contributed by atoms with Crippen molar-refractivity contribution >= 4 is 39.2 Å². The average molecular weight is 445 g/mol. The van der Waals surface area contributed by atoms with E-state index in [1.54, 1.807) is 48.3 Å². The summed E-state index contributed by atoms with van der Waals surface area (Å²) in [6, 6.07) is 10.7. The number of hydrogen-bond acceptors (Lipinski definition) is 8. The van der Waals surface area contributed by atoms with Crippen LogP contribution in [0.5, 0.6) is 0 Å². The average Bonchev–Trinajstić information content (AvgIpc) is 3.22. The molecule has 1 aromatic heterocycles. The van der Waals surface area contributed by atoms with E-state index in [2.05, 4.69) is 10.4 Å². The molecule has 0 fully saturated rings. The van der Waals surface area contributed by atoms with Crippen molar-refractivity contribution in [2.75, 3.05) is 22.5 Å². The minimum Gasteiger partial charge on any atom is -0.748 e. The molecule has 1 aliphatic heterocycles. The van der Waals surface area contributed by atoms with E-state index in [9.17, 15) is 23.0 Å². The normalized spacial score (nSPS) is 15.2. The molecule has 0 radical (unpaired) electrons. The number of aromatic nitrogens is 2. The molecule has 156 valence electrons. The van der Waals surface area contributed by atoms with Crippen LogP contribution >= 0.6 is 11.8 Å². The number of carbonyl (C=O) groups excluding carboxylic acids is 1. The molecule has 2 heterocycles. The second-order valence-corrected chi connectivity index (χ2v) is 8.88. The molecule has 11 heteroatoms. The maximum atomic E-state index is 12.4. The predicted molar refractivity (Wildman–Crippen MR) is 112 cm³/mol. The molecule has 0 spiro atoms. The molecule has 0 unspecified atom stereocenters. The van der Waals surface area contributed by atoms with Crippen molar-refractivity contribution in [1.82, 2.24) is 9.78 Å². The zero-order valence-electron chi connectivity index (χ0n) is 16.0. The van der Waals surface area contributed by atoms with E-state index in [0.717, 1.165) is 10.7 Å². The van der Waals surface area contributed by atoms with Gasteiger partial charge >= 0.3 is 0 Å². The largest absolute Gasteiger partial charge is 0.748 e. The van der Waals surface area contributed by atoms with Gasteiger partial charge in [-0.15, -0.1) is 0 Å². The Hall–Kier alpha value is -3.07. The highest BCUT2D eigenvalue weighted by molar-refractivity contribution is 8.03. The van der Waals surface area contributed by atoms with Gasteiger partial charge in [-0.3, -0.25) is 9.48 Å². The zero-order chi connectivity index (χ0) is 21.7. The number of aryl methyl sites for hydroxylation is 1. The quantitative estimate of drug-likeness (QED) is 0.391. The van der Waals surface area contributed by atoms with Gasteiger partial charge in [0.25, 0.3) is 5.91 Å². The van der Waals surface area contributed by atoms with Gasteiger partial charge in [0.2, 0.25) is 0 Å². The molecular weight excluding hydrogens is 426 g/mol. The molecular formula is C19H18N5O4S2-. The van der Waals surface area contributed by atoms with Gasteiger partial charge in [0.15, 0.2) is 0 Å². The lowest BCUT2D eigenvalue weighted by Crippen LogP contribution is -2.21. The van der Waals surface area contributed by atoms with E-state index < -0.39 is 21.8 Å². The van der Waals surface area contributed by atoms with Gasteiger partial charge < -0.3 is 14.8 Å². The number of carbonyl (C=O) groups is 1. The highest BCUT2D eigenvalue weighted by Crippen LogP contribution is 2.45. The Bertz CT molecular complexity index is 1150. The maximum Gasteiger partial charge on any atom is 0.266 e. The second-order valence-electron chi connectivity index (χ2n) is 6.34. The maximum absolute atomic E-state index is 12.4. The highest BCUT2D eigenvalue weighted by atomic mass is 32.2. The number of amides is 1. The van der Waals surface area contributed by atoms with Gasteiger partial charge in [-0.1, -0.05) is 30.0 Å². The molecule has 1 aliphatic rings. The number of benzene rings is 1. The van der Waals surface area contributed by atoms with E-state index in [1.165, 1.54) is 17.8 Å². The number of nitrogens with one attached hydrogen (secondary N) is 1. The molecule has 2 aromatic rings. The van der Waals surface area contributed by atoms with Gasteiger partial charge in [0, 0.05) is 25.0 Å².